The minimum atomic E-state index is 0.703. The summed E-state index contributed by atoms with van der Waals surface area (Å²) in [6, 6.07) is 11.6. The van der Waals surface area contributed by atoms with E-state index in [1.165, 1.54) is 6.42 Å². The summed E-state index contributed by atoms with van der Waals surface area (Å²) < 4.78 is 2.00. The topological polar surface area (TPSA) is 20.9 Å². The lowest BCUT2D eigenvalue weighted by atomic mass is 10.1. The summed E-state index contributed by atoms with van der Waals surface area (Å²) in [7, 11) is 1.99. The molecule has 0 aliphatic heterocycles. The summed E-state index contributed by atoms with van der Waals surface area (Å²) >= 11 is 0. The number of aromatic nitrogens is 1. The Bertz CT molecular complexity index is 553. The van der Waals surface area contributed by atoms with Crippen molar-refractivity contribution < 1.29 is 9.36 Å². The first-order chi connectivity index (χ1) is 10.7. The molecule has 0 amide bonds. The Balaban J connectivity index is 0.000000789. The molecule has 1 heterocycles. The molecule has 0 unspecified atom stereocenters. The molecule has 2 nitrogen and oxygen atoms in total. The van der Waals surface area contributed by atoms with Crippen LogP contribution in [0.1, 0.15) is 41.8 Å². The highest BCUT2D eigenvalue weighted by atomic mass is 16.1. The first-order valence-corrected chi connectivity index (χ1v) is 7.38. The Morgan fingerprint density at radius 1 is 0.864 bits per heavy atom. The maximum atomic E-state index is 10.5. The minimum absolute atomic E-state index is 0.703. The number of nitrogens with zero attached hydrogens (tertiary/aromatic N) is 1. The molecule has 0 fully saturated rings. The van der Waals surface area contributed by atoms with Crippen molar-refractivity contribution in [3.8, 4) is 0 Å². The standard InChI is InChI=1S/C15H14NO.C3H8.C2H4/c1-16-10-8-14(9-11-16)3-2-13-4-6-15(12-17)7-5-13;1-3-2;1-2/h2-12H,1H3;3H2,1-2H3;1-2H2/q+1;;/b3-2+;;. The van der Waals surface area contributed by atoms with E-state index < -0.39 is 0 Å². The quantitative estimate of drug-likeness (QED) is 0.456. The molecule has 0 bridgehead atoms. The average molecular weight is 296 g/mol. The van der Waals surface area contributed by atoms with E-state index in [-0.39, 0.29) is 0 Å². The Labute approximate surface area is 134 Å². The summed E-state index contributed by atoms with van der Waals surface area (Å²) in [4.78, 5) is 10.5. The van der Waals surface area contributed by atoms with E-state index in [1.807, 2.05) is 54.3 Å². The highest BCUT2D eigenvalue weighted by Crippen LogP contribution is 2.08. The van der Waals surface area contributed by atoms with Gasteiger partial charge in [0.1, 0.15) is 13.3 Å². The second-order valence-corrected chi connectivity index (χ2v) is 4.62. The number of aryl methyl sites for hydroxylation is 1. The van der Waals surface area contributed by atoms with Crippen LogP contribution in [0.25, 0.3) is 12.2 Å². The van der Waals surface area contributed by atoms with Gasteiger partial charge in [-0.05, 0) is 11.1 Å². The molecular formula is C20H26NO+. The zero-order valence-electron chi connectivity index (χ0n) is 13.8. The van der Waals surface area contributed by atoms with Crippen molar-refractivity contribution in [1.29, 1.82) is 0 Å². The number of carbonyl (C=O) groups excluding carboxylic acids is 1. The van der Waals surface area contributed by atoms with Crippen molar-refractivity contribution in [2.24, 2.45) is 7.05 Å². The van der Waals surface area contributed by atoms with Gasteiger partial charge in [-0.2, -0.15) is 0 Å². The first kappa shape index (κ1) is 19.5. The zero-order chi connectivity index (χ0) is 16.8. The SMILES string of the molecule is C=C.CCC.C[n+]1ccc(/C=C/c2ccc(C=O)cc2)cc1. The van der Waals surface area contributed by atoms with E-state index in [4.69, 9.17) is 0 Å². The molecule has 0 N–H and O–H groups in total. The van der Waals surface area contributed by atoms with E-state index in [9.17, 15) is 4.79 Å². The van der Waals surface area contributed by atoms with Crippen LogP contribution in [0.2, 0.25) is 0 Å². The lowest BCUT2D eigenvalue weighted by Gasteiger charge is -1.94. The summed E-state index contributed by atoms with van der Waals surface area (Å²) in [5.74, 6) is 0. The Morgan fingerprint density at radius 2 is 1.23 bits per heavy atom. The largest absolute Gasteiger partial charge is 0.298 e. The van der Waals surface area contributed by atoms with Gasteiger partial charge in [0.15, 0.2) is 12.4 Å². The van der Waals surface area contributed by atoms with Crippen LogP contribution < -0.4 is 4.57 Å². The van der Waals surface area contributed by atoms with Crippen LogP contribution in [-0.4, -0.2) is 6.29 Å². The maximum Gasteiger partial charge on any atom is 0.169 e. The number of carbonyl (C=O) groups is 1. The molecule has 1 aromatic heterocycles. The van der Waals surface area contributed by atoms with Crippen molar-refractivity contribution in [3.63, 3.8) is 0 Å². The van der Waals surface area contributed by atoms with Crippen LogP contribution in [0, 0.1) is 0 Å². The van der Waals surface area contributed by atoms with E-state index in [1.54, 1.807) is 0 Å². The number of pyridine rings is 1. The van der Waals surface area contributed by atoms with Crippen molar-refractivity contribution >= 4 is 18.4 Å². The Hall–Kier alpha value is -2.48. The third-order valence-corrected chi connectivity index (χ3v) is 2.55. The average Bonchev–Trinajstić information content (AvgIpc) is 2.57. The molecule has 2 aromatic rings. The molecule has 1 aromatic carbocycles. The van der Waals surface area contributed by atoms with Gasteiger partial charge in [0, 0.05) is 17.7 Å². The Kier molecular flexibility index (Phi) is 10.9. The summed E-state index contributed by atoms with van der Waals surface area (Å²) in [6.45, 7) is 10.2. The number of hydrogen-bond donors (Lipinski definition) is 0. The highest BCUT2D eigenvalue weighted by molar-refractivity contribution is 5.76. The van der Waals surface area contributed by atoms with Crippen LogP contribution in [0.3, 0.4) is 0 Å². The van der Waals surface area contributed by atoms with E-state index in [2.05, 4.69) is 45.2 Å². The molecule has 0 aliphatic rings. The lowest BCUT2D eigenvalue weighted by Crippen LogP contribution is -2.25. The van der Waals surface area contributed by atoms with Crippen molar-refractivity contribution in [1.82, 2.24) is 0 Å². The molecule has 2 heteroatoms. The predicted molar refractivity (Wildman–Crippen MR) is 95.6 cm³/mol. The monoisotopic (exact) mass is 296 g/mol. The van der Waals surface area contributed by atoms with E-state index in [0.717, 1.165) is 17.4 Å². The fourth-order valence-corrected chi connectivity index (χ4v) is 1.50. The molecule has 0 atom stereocenters. The molecule has 0 aliphatic carbocycles. The smallest absolute Gasteiger partial charge is 0.169 e. The summed E-state index contributed by atoms with van der Waals surface area (Å²) in [5.41, 5.74) is 2.94. The van der Waals surface area contributed by atoms with Crippen LogP contribution in [-0.2, 0) is 7.05 Å². The van der Waals surface area contributed by atoms with Crippen LogP contribution in [0.4, 0.5) is 0 Å². The number of aldehydes is 1. The van der Waals surface area contributed by atoms with Crippen molar-refractivity contribution in [2.45, 2.75) is 20.3 Å². The van der Waals surface area contributed by atoms with Gasteiger partial charge in [0.25, 0.3) is 0 Å². The van der Waals surface area contributed by atoms with Crippen LogP contribution >= 0.6 is 0 Å². The van der Waals surface area contributed by atoms with Gasteiger partial charge in [-0.1, -0.05) is 56.7 Å². The normalized spacial score (nSPS) is 9.23. The van der Waals surface area contributed by atoms with Gasteiger partial charge < -0.3 is 0 Å². The molecule has 0 spiro atoms. The first-order valence-electron chi connectivity index (χ1n) is 7.38. The van der Waals surface area contributed by atoms with Gasteiger partial charge in [-0.25, -0.2) is 4.57 Å². The zero-order valence-corrected chi connectivity index (χ0v) is 13.8. The maximum absolute atomic E-state index is 10.5. The summed E-state index contributed by atoms with van der Waals surface area (Å²) in [6.07, 6.45) is 10.2. The lowest BCUT2D eigenvalue weighted by molar-refractivity contribution is -0.671. The van der Waals surface area contributed by atoms with Crippen molar-refractivity contribution in [3.05, 3.63) is 78.6 Å². The number of hydrogen-bond acceptors (Lipinski definition) is 1. The minimum Gasteiger partial charge on any atom is -0.298 e. The van der Waals surface area contributed by atoms with Gasteiger partial charge in [0.2, 0.25) is 0 Å². The van der Waals surface area contributed by atoms with Gasteiger partial charge in [-0.3, -0.25) is 4.79 Å². The third kappa shape index (κ3) is 7.95. The highest BCUT2D eigenvalue weighted by Gasteiger charge is 1.92. The Morgan fingerprint density at radius 3 is 1.64 bits per heavy atom. The third-order valence-electron chi connectivity index (χ3n) is 2.55. The van der Waals surface area contributed by atoms with E-state index >= 15 is 0 Å². The van der Waals surface area contributed by atoms with Gasteiger partial charge >= 0.3 is 0 Å². The molecule has 22 heavy (non-hydrogen) atoms. The van der Waals surface area contributed by atoms with Gasteiger partial charge in [-0.15, -0.1) is 13.2 Å². The molecular weight excluding hydrogens is 270 g/mol. The summed E-state index contributed by atoms with van der Waals surface area (Å²) in [5, 5.41) is 0. The van der Waals surface area contributed by atoms with E-state index in [0.29, 0.717) is 5.56 Å². The molecule has 2 rings (SSSR count). The molecule has 0 radical (unpaired) electrons. The molecule has 0 saturated heterocycles. The van der Waals surface area contributed by atoms with Crippen molar-refractivity contribution in [2.75, 3.05) is 0 Å². The van der Waals surface area contributed by atoms with Crippen LogP contribution in [0.5, 0.6) is 0 Å². The predicted octanol–water partition coefficient (Wildman–Crippen LogP) is 4.71. The fourth-order valence-electron chi connectivity index (χ4n) is 1.50. The molecule has 116 valence electrons. The number of benzene rings is 1. The van der Waals surface area contributed by atoms with Gasteiger partial charge in [0.05, 0.1) is 0 Å². The molecule has 0 saturated carbocycles. The number of rotatable bonds is 3. The second kappa shape index (κ2) is 12.3. The second-order valence-electron chi connectivity index (χ2n) is 4.62. The van der Waals surface area contributed by atoms with Crippen LogP contribution in [0.15, 0.2) is 61.9 Å². The fraction of sp³-hybridized carbons (Fsp3) is 0.200.